The van der Waals surface area contributed by atoms with Gasteiger partial charge >= 0.3 is 0 Å². The van der Waals surface area contributed by atoms with E-state index in [2.05, 4.69) is 59.1 Å². The van der Waals surface area contributed by atoms with Crippen molar-refractivity contribution in [1.82, 2.24) is 5.32 Å². The zero-order valence-corrected chi connectivity index (χ0v) is 14.8. The summed E-state index contributed by atoms with van der Waals surface area (Å²) in [6.45, 7) is 2.98. The number of hydrogen-bond acceptors (Lipinski definition) is 1. The van der Waals surface area contributed by atoms with Crippen molar-refractivity contribution >= 4 is 45.8 Å². The van der Waals surface area contributed by atoms with Gasteiger partial charge < -0.3 is 5.32 Å². The van der Waals surface area contributed by atoms with Crippen LogP contribution in [0.15, 0.2) is 42.5 Å². The summed E-state index contributed by atoms with van der Waals surface area (Å²) in [6, 6.07) is 14.5. The van der Waals surface area contributed by atoms with Gasteiger partial charge in [-0.3, -0.25) is 0 Å². The molecule has 2 rings (SSSR count). The number of likely N-dealkylation sites (N-methyl/N-ethyl adjacent to an activating group) is 1. The van der Waals surface area contributed by atoms with Crippen LogP contribution in [-0.4, -0.2) is 6.54 Å². The lowest BCUT2D eigenvalue weighted by atomic mass is 9.99. The predicted molar refractivity (Wildman–Crippen MR) is 95.7 cm³/mol. The van der Waals surface area contributed by atoms with Crippen molar-refractivity contribution in [3.63, 3.8) is 0 Å². The molecule has 1 N–H and O–H groups in total. The molecule has 1 atom stereocenters. The minimum atomic E-state index is 0.172. The molecule has 0 saturated heterocycles. The maximum atomic E-state index is 6.34. The second-order valence-electron chi connectivity index (χ2n) is 4.58. The molecule has 0 aliphatic heterocycles. The Morgan fingerprint density at radius 3 is 2.45 bits per heavy atom. The topological polar surface area (TPSA) is 12.0 Å². The number of nitrogens with one attached hydrogen (secondary N) is 1. The van der Waals surface area contributed by atoms with E-state index in [-0.39, 0.29) is 6.04 Å². The lowest BCUT2D eigenvalue weighted by Crippen LogP contribution is -2.23. The fourth-order valence-electron chi connectivity index (χ4n) is 2.18. The van der Waals surface area contributed by atoms with Crippen LogP contribution in [0.1, 0.15) is 24.1 Å². The van der Waals surface area contributed by atoms with Gasteiger partial charge in [-0.1, -0.05) is 54.4 Å². The Morgan fingerprint density at radius 1 is 1.10 bits per heavy atom. The Kier molecular flexibility index (Phi) is 6.15. The van der Waals surface area contributed by atoms with Crippen LogP contribution in [-0.2, 0) is 6.42 Å². The first-order valence-corrected chi connectivity index (χ1v) is 8.37. The van der Waals surface area contributed by atoms with Crippen molar-refractivity contribution in [3.8, 4) is 0 Å². The number of halogens is 3. The van der Waals surface area contributed by atoms with Crippen LogP contribution in [0.5, 0.6) is 0 Å². The molecular formula is C16H16Cl2IN. The standard InChI is InChI=1S/C16H16Cl2IN/c1-2-20-15(10-11-6-8-12(19)9-7-11)13-4-3-5-14(17)16(13)18/h3-9,15,20H,2,10H2,1H3. The quantitative estimate of drug-likeness (QED) is 0.631. The van der Waals surface area contributed by atoms with Gasteiger partial charge in [-0.2, -0.15) is 0 Å². The molecule has 2 aromatic rings. The van der Waals surface area contributed by atoms with Gasteiger partial charge in [-0.15, -0.1) is 0 Å². The van der Waals surface area contributed by atoms with Gasteiger partial charge in [-0.05, 0) is 64.9 Å². The molecule has 0 spiro atoms. The molecule has 0 aliphatic carbocycles. The molecule has 0 bridgehead atoms. The molecule has 0 heterocycles. The molecule has 0 amide bonds. The van der Waals surface area contributed by atoms with Crippen LogP contribution < -0.4 is 5.32 Å². The fourth-order valence-corrected chi connectivity index (χ4v) is 2.98. The first-order chi connectivity index (χ1) is 9.61. The molecule has 0 radical (unpaired) electrons. The van der Waals surface area contributed by atoms with E-state index in [9.17, 15) is 0 Å². The first-order valence-electron chi connectivity index (χ1n) is 6.53. The average Bonchev–Trinajstić information content (AvgIpc) is 2.44. The summed E-state index contributed by atoms with van der Waals surface area (Å²) in [6.07, 6.45) is 0.894. The van der Waals surface area contributed by atoms with Crippen LogP contribution >= 0.6 is 45.8 Å². The highest BCUT2D eigenvalue weighted by atomic mass is 127. The van der Waals surface area contributed by atoms with Gasteiger partial charge in [0.25, 0.3) is 0 Å². The van der Waals surface area contributed by atoms with Gasteiger partial charge in [0.1, 0.15) is 0 Å². The second kappa shape index (κ2) is 7.64. The van der Waals surface area contributed by atoms with E-state index in [1.807, 2.05) is 18.2 Å². The lowest BCUT2D eigenvalue weighted by molar-refractivity contribution is 0.550. The summed E-state index contributed by atoms with van der Waals surface area (Å²) in [4.78, 5) is 0. The van der Waals surface area contributed by atoms with Crippen molar-refractivity contribution < 1.29 is 0 Å². The van der Waals surface area contributed by atoms with E-state index < -0.39 is 0 Å². The number of rotatable bonds is 5. The van der Waals surface area contributed by atoms with Crippen LogP contribution in [0.4, 0.5) is 0 Å². The smallest absolute Gasteiger partial charge is 0.0640 e. The highest BCUT2D eigenvalue weighted by Gasteiger charge is 2.16. The molecule has 2 aromatic carbocycles. The second-order valence-corrected chi connectivity index (χ2v) is 6.61. The zero-order chi connectivity index (χ0) is 14.5. The molecule has 106 valence electrons. The minimum Gasteiger partial charge on any atom is -0.310 e. The summed E-state index contributed by atoms with van der Waals surface area (Å²) >= 11 is 14.8. The van der Waals surface area contributed by atoms with Crippen LogP contribution in [0, 0.1) is 3.57 Å². The molecule has 1 nitrogen and oxygen atoms in total. The first kappa shape index (κ1) is 16.1. The Hall–Kier alpha value is -0.290. The van der Waals surface area contributed by atoms with E-state index in [0.29, 0.717) is 10.0 Å². The Morgan fingerprint density at radius 2 is 1.80 bits per heavy atom. The Bertz CT molecular complexity index is 569. The van der Waals surface area contributed by atoms with Crippen LogP contribution in [0.25, 0.3) is 0 Å². The van der Waals surface area contributed by atoms with Gasteiger partial charge in [0.2, 0.25) is 0 Å². The molecule has 4 heteroatoms. The Balaban J connectivity index is 2.26. The normalized spacial score (nSPS) is 12.4. The van der Waals surface area contributed by atoms with Crippen LogP contribution in [0.3, 0.4) is 0 Å². The summed E-state index contributed by atoms with van der Waals surface area (Å²) in [5, 5.41) is 4.74. The van der Waals surface area contributed by atoms with E-state index in [1.54, 1.807) is 0 Å². The summed E-state index contributed by atoms with van der Waals surface area (Å²) in [5.41, 5.74) is 2.34. The maximum absolute atomic E-state index is 6.34. The lowest BCUT2D eigenvalue weighted by Gasteiger charge is -2.20. The van der Waals surface area contributed by atoms with Crippen LogP contribution in [0.2, 0.25) is 10.0 Å². The molecule has 0 fully saturated rings. The van der Waals surface area contributed by atoms with Gasteiger partial charge in [0.05, 0.1) is 10.0 Å². The SMILES string of the molecule is CCNC(Cc1ccc(I)cc1)c1cccc(Cl)c1Cl. The molecular weight excluding hydrogens is 404 g/mol. The highest BCUT2D eigenvalue weighted by Crippen LogP contribution is 2.31. The number of benzene rings is 2. The third-order valence-corrected chi connectivity index (χ3v) is 4.71. The molecule has 1 unspecified atom stereocenters. The molecule has 0 saturated carbocycles. The fraction of sp³-hybridized carbons (Fsp3) is 0.250. The minimum absolute atomic E-state index is 0.172. The number of hydrogen-bond donors (Lipinski definition) is 1. The third kappa shape index (κ3) is 4.10. The van der Waals surface area contributed by atoms with Crippen molar-refractivity contribution in [1.29, 1.82) is 0 Å². The Labute approximate surface area is 143 Å². The zero-order valence-electron chi connectivity index (χ0n) is 11.2. The average molecular weight is 420 g/mol. The maximum Gasteiger partial charge on any atom is 0.0640 e. The van der Waals surface area contributed by atoms with E-state index >= 15 is 0 Å². The summed E-state index contributed by atoms with van der Waals surface area (Å²) in [7, 11) is 0. The van der Waals surface area contributed by atoms with Crippen molar-refractivity contribution in [3.05, 3.63) is 67.2 Å². The highest BCUT2D eigenvalue weighted by molar-refractivity contribution is 14.1. The summed E-state index contributed by atoms with van der Waals surface area (Å²) in [5.74, 6) is 0. The summed E-state index contributed by atoms with van der Waals surface area (Å²) < 4.78 is 1.24. The van der Waals surface area contributed by atoms with Gasteiger partial charge in [-0.25, -0.2) is 0 Å². The van der Waals surface area contributed by atoms with Gasteiger partial charge in [0, 0.05) is 9.61 Å². The third-order valence-electron chi connectivity index (χ3n) is 3.16. The largest absolute Gasteiger partial charge is 0.310 e. The van der Waals surface area contributed by atoms with Crippen molar-refractivity contribution in [2.45, 2.75) is 19.4 Å². The van der Waals surface area contributed by atoms with E-state index in [0.717, 1.165) is 18.5 Å². The predicted octanol–water partition coefficient (Wildman–Crippen LogP) is 5.49. The van der Waals surface area contributed by atoms with E-state index in [1.165, 1.54) is 9.13 Å². The van der Waals surface area contributed by atoms with E-state index in [4.69, 9.17) is 23.2 Å². The molecule has 0 aliphatic rings. The molecule has 20 heavy (non-hydrogen) atoms. The molecule has 0 aromatic heterocycles. The van der Waals surface area contributed by atoms with Crippen molar-refractivity contribution in [2.24, 2.45) is 0 Å². The van der Waals surface area contributed by atoms with Gasteiger partial charge in [0.15, 0.2) is 0 Å². The van der Waals surface area contributed by atoms with Crippen molar-refractivity contribution in [2.75, 3.05) is 6.54 Å². The monoisotopic (exact) mass is 419 g/mol.